The molecule has 4 nitrogen and oxygen atoms in total. The Morgan fingerprint density at radius 2 is 1.89 bits per heavy atom. The van der Waals surface area contributed by atoms with Crippen LogP contribution in [0, 0.1) is 0 Å². The number of methoxy groups -OCH3 is 2. The van der Waals surface area contributed by atoms with E-state index in [1.807, 2.05) is 31.2 Å². The molecule has 0 heterocycles. The lowest BCUT2D eigenvalue weighted by Gasteiger charge is -2.18. The minimum absolute atomic E-state index is 0.188. The molecule has 1 rings (SSSR count). The third-order valence-electron chi connectivity index (χ3n) is 2.90. The maximum absolute atomic E-state index is 11.2. The average molecular weight is 251 g/mol. The Labute approximate surface area is 108 Å². The van der Waals surface area contributed by atoms with E-state index in [9.17, 15) is 4.79 Å². The fourth-order valence-corrected chi connectivity index (χ4v) is 1.68. The van der Waals surface area contributed by atoms with E-state index in [0.29, 0.717) is 6.54 Å². The summed E-state index contributed by atoms with van der Waals surface area (Å²) in [5.74, 6) is 0.673. The van der Waals surface area contributed by atoms with Gasteiger partial charge in [0.25, 0.3) is 0 Å². The molecule has 0 bridgehead atoms. The lowest BCUT2D eigenvalue weighted by Crippen LogP contribution is -2.32. The van der Waals surface area contributed by atoms with Crippen LogP contribution in [0.15, 0.2) is 24.3 Å². The molecule has 4 heteroatoms. The van der Waals surface area contributed by atoms with E-state index in [4.69, 9.17) is 4.74 Å². The Bertz CT molecular complexity index is 362. The molecule has 0 atom stereocenters. The van der Waals surface area contributed by atoms with Gasteiger partial charge in [-0.2, -0.15) is 0 Å². The summed E-state index contributed by atoms with van der Waals surface area (Å²) in [6.07, 6.45) is 0.912. The first kappa shape index (κ1) is 14.5. The number of rotatable bonds is 7. The fraction of sp³-hybridized carbons (Fsp3) is 0.500. The molecule has 0 saturated carbocycles. The quantitative estimate of drug-likeness (QED) is 0.692. The second-order valence-corrected chi connectivity index (χ2v) is 4.04. The monoisotopic (exact) mass is 251 g/mol. The minimum Gasteiger partial charge on any atom is -0.497 e. The van der Waals surface area contributed by atoms with Crippen molar-refractivity contribution in [1.82, 2.24) is 4.90 Å². The highest BCUT2D eigenvalue weighted by Gasteiger charge is 2.08. The molecule has 0 amide bonds. The van der Waals surface area contributed by atoms with E-state index < -0.39 is 0 Å². The molecule has 0 unspecified atom stereocenters. The first-order chi connectivity index (χ1) is 8.69. The van der Waals surface area contributed by atoms with Crippen LogP contribution in [0.2, 0.25) is 0 Å². The molecule has 18 heavy (non-hydrogen) atoms. The molecular weight excluding hydrogens is 230 g/mol. The Morgan fingerprint density at radius 3 is 2.39 bits per heavy atom. The van der Waals surface area contributed by atoms with Gasteiger partial charge in [-0.15, -0.1) is 0 Å². The smallest absolute Gasteiger partial charge is 0.319 e. The molecule has 1 aromatic carbocycles. The maximum Gasteiger partial charge on any atom is 0.319 e. The molecule has 0 aliphatic carbocycles. The van der Waals surface area contributed by atoms with Gasteiger partial charge in [0.05, 0.1) is 20.8 Å². The highest BCUT2D eigenvalue weighted by molar-refractivity contribution is 5.71. The van der Waals surface area contributed by atoms with Crippen LogP contribution in [-0.2, 0) is 16.0 Å². The van der Waals surface area contributed by atoms with Crippen LogP contribution in [0.1, 0.15) is 12.5 Å². The second-order valence-electron chi connectivity index (χ2n) is 4.04. The third-order valence-corrected chi connectivity index (χ3v) is 2.90. The molecular formula is C14H21NO3. The zero-order valence-corrected chi connectivity index (χ0v) is 11.3. The third kappa shape index (κ3) is 4.75. The van der Waals surface area contributed by atoms with Gasteiger partial charge in [-0.3, -0.25) is 9.69 Å². The number of carbonyl (C=O) groups excluding carboxylic acids is 1. The topological polar surface area (TPSA) is 38.8 Å². The molecule has 0 N–H and O–H groups in total. The Hall–Kier alpha value is -1.55. The predicted molar refractivity (Wildman–Crippen MR) is 70.8 cm³/mol. The van der Waals surface area contributed by atoms with Crippen molar-refractivity contribution in [2.75, 3.05) is 33.9 Å². The average Bonchev–Trinajstić information content (AvgIpc) is 2.43. The SMILES string of the molecule is CCN(CCc1ccc(OC)cc1)CC(=O)OC. The van der Waals surface area contributed by atoms with E-state index in [1.165, 1.54) is 12.7 Å². The number of hydrogen-bond donors (Lipinski definition) is 0. The summed E-state index contributed by atoms with van der Waals surface area (Å²) in [5, 5.41) is 0. The van der Waals surface area contributed by atoms with Crippen LogP contribution in [-0.4, -0.2) is 44.7 Å². The number of likely N-dealkylation sites (N-methyl/N-ethyl adjacent to an activating group) is 1. The number of carbonyl (C=O) groups is 1. The number of hydrogen-bond acceptors (Lipinski definition) is 4. The summed E-state index contributed by atoms with van der Waals surface area (Å²) >= 11 is 0. The Balaban J connectivity index is 2.43. The molecule has 0 aromatic heterocycles. The Kier molecular flexibility index (Phi) is 6.22. The van der Waals surface area contributed by atoms with Crippen molar-refractivity contribution in [3.8, 4) is 5.75 Å². The van der Waals surface area contributed by atoms with Gasteiger partial charge < -0.3 is 9.47 Å². The highest BCUT2D eigenvalue weighted by atomic mass is 16.5. The van der Waals surface area contributed by atoms with Gasteiger partial charge in [0.2, 0.25) is 0 Å². The van der Waals surface area contributed by atoms with Crippen molar-refractivity contribution < 1.29 is 14.3 Å². The summed E-state index contributed by atoms with van der Waals surface area (Å²) in [7, 11) is 3.07. The van der Waals surface area contributed by atoms with Crippen LogP contribution in [0.3, 0.4) is 0 Å². The zero-order chi connectivity index (χ0) is 13.4. The lowest BCUT2D eigenvalue weighted by molar-refractivity contribution is -0.141. The first-order valence-electron chi connectivity index (χ1n) is 6.11. The van der Waals surface area contributed by atoms with Crippen molar-refractivity contribution in [3.05, 3.63) is 29.8 Å². The van der Waals surface area contributed by atoms with Crippen LogP contribution >= 0.6 is 0 Å². The van der Waals surface area contributed by atoms with Gasteiger partial charge in [0.15, 0.2) is 0 Å². The number of esters is 1. The standard InChI is InChI=1S/C14H21NO3/c1-4-15(11-14(16)18-3)10-9-12-5-7-13(17-2)8-6-12/h5-8H,4,9-11H2,1-3H3. The van der Waals surface area contributed by atoms with Crippen LogP contribution in [0.4, 0.5) is 0 Å². The van der Waals surface area contributed by atoms with Gasteiger partial charge in [-0.25, -0.2) is 0 Å². The van der Waals surface area contributed by atoms with Gasteiger partial charge in [0, 0.05) is 6.54 Å². The van der Waals surface area contributed by atoms with Crippen molar-refractivity contribution in [2.24, 2.45) is 0 Å². The van der Waals surface area contributed by atoms with Crippen LogP contribution in [0.5, 0.6) is 5.75 Å². The molecule has 0 spiro atoms. The van der Waals surface area contributed by atoms with Crippen molar-refractivity contribution in [3.63, 3.8) is 0 Å². The van der Waals surface area contributed by atoms with E-state index in [2.05, 4.69) is 9.64 Å². The van der Waals surface area contributed by atoms with Crippen LogP contribution in [0.25, 0.3) is 0 Å². The van der Waals surface area contributed by atoms with E-state index in [0.717, 1.165) is 25.3 Å². The number of nitrogens with zero attached hydrogens (tertiary/aromatic N) is 1. The molecule has 100 valence electrons. The lowest BCUT2D eigenvalue weighted by atomic mass is 10.1. The normalized spacial score (nSPS) is 10.4. The predicted octanol–water partition coefficient (Wildman–Crippen LogP) is 1.73. The highest BCUT2D eigenvalue weighted by Crippen LogP contribution is 2.11. The molecule has 0 fully saturated rings. The minimum atomic E-state index is -0.188. The van der Waals surface area contributed by atoms with Gasteiger partial charge in [0.1, 0.15) is 5.75 Å². The summed E-state index contributed by atoms with van der Waals surface area (Å²) < 4.78 is 9.78. The fourth-order valence-electron chi connectivity index (χ4n) is 1.68. The molecule has 0 aliphatic heterocycles. The first-order valence-corrected chi connectivity index (χ1v) is 6.11. The second kappa shape index (κ2) is 7.71. The maximum atomic E-state index is 11.2. The van der Waals surface area contributed by atoms with E-state index in [1.54, 1.807) is 7.11 Å². The van der Waals surface area contributed by atoms with E-state index >= 15 is 0 Å². The van der Waals surface area contributed by atoms with Crippen molar-refractivity contribution >= 4 is 5.97 Å². The molecule has 1 aromatic rings. The molecule has 0 aliphatic rings. The summed E-state index contributed by atoms with van der Waals surface area (Å²) in [6.45, 7) is 4.07. The van der Waals surface area contributed by atoms with Crippen molar-refractivity contribution in [1.29, 1.82) is 0 Å². The Morgan fingerprint density at radius 1 is 1.22 bits per heavy atom. The number of ether oxygens (including phenoxy) is 2. The van der Waals surface area contributed by atoms with Crippen molar-refractivity contribution in [2.45, 2.75) is 13.3 Å². The molecule has 0 radical (unpaired) electrons. The van der Waals surface area contributed by atoms with Crippen LogP contribution < -0.4 is 4.74 Å². The number of benzene rings is 1. The summed E-state index contributed by atoms with van der Waals surface area (Å²) in [6, 6.07) is 7.99. The van der Waals surface area contributed by atoms with E-state index in [-0.39, 0.29) is 5.97 Å². The molecule has 0 saturated heterocycles. The van der Waals surface area contributed by atoms with Gasteiger partial charge in [-0.1, -0.05) is 19.1 Å². The summed E-state index contributed by atoms with van der Waals surface area (Å²) in [4.78, 5) is 13.3. The van der Waals surface area contributed by atoms with Gasteiger partial charge in [-0.05, 0) is 30.7 Å². The summed E-state index contributed by atoms with van der Waals surface area (Å²) in [5.41, 5.74) is 1.24. The largest absolute Gasteiger partial charge is 0.497 e. The zero-order valence-electron chi connectivity index (χ0n) is 11.3. The van der Waals surface area contributed by atoms with Gasteiger partial charge >= 0.3 is 5.97 Å².